The van der Waals surface area contributed by atoms with Crippen LogP contribution in [0.2, 0.25) is 10.0 Å². The SMILES string of the molecule is Cc1cc(OC(C)C(=O)N(Cc2ccc(Cl)cc2)CC2CCCO2)ccc1Cl. The van der Waals surface area contributed by atoms with Gasteiger partial charge in [-0.2, -0.15) is 0 Å². The quantitative estimate of drug-likeness (QED) is 0.610. The van der Waals surface area contributed by atoms with Crippen LogP contribution in [0.3, 0.4) is 0 Å². The lowest BCUT2D eigenvalue weighted by atomic mass is 10.1. The van der Waals surface area contributed by atoms with Gasteiger partial charge in [0.05, 0.1) is 6.10 Å². The van der Waals surface area contributed by atoms with Crippen LogP contribution in [-0.2, 0) is 16.1 Å². The van der Waals surface area contributed by atoms with Crippen molar-refractivity contribution in [2.45, 2.75) is 45.4 Å². The van der Waals surface area contributed by atoms with E-state index in [1.807, 2.05) is 42.2 Å². The molecular formula is C22H25Cl2NO3. The summed E-state index contributed by atoms with van der Waals surface area (Å²) in [4.78, 5) is 15.0. The van der Waals surface area contributed by atoms with Gasteiger partial charge < -0.3 is 14.4 Å². The third kappa shape index (κ3) is 5.63. The van der Waals surface area contributed by atoms with Gasteiger partial charge in [-0.3, -0.25) is 4.79 Å². The van der Waals surface area contributed by atoms with Crippen molar-refractivity contribution in [3.05, 3.63) is 63.6 Å². The summed E-state index contributed by atoms with van der Waals surface area (Å²) < 4.78 is 11.6. The van der Waals surface area contributed by atoms with Crippen LogP contribution >= 0.6 is 23.2 Å². The number of hydrogen-bond donors (Lipinski definition) is 0. The van der Waals surface area contributed by atoms with Gasteiger partial charge in [0.1, 0.15) is 5.75 Å². The first-order valence-corrected chi connectivity index (χ1v) is 10.3. The van der Waals surface area contributed by atoms with Crippen molar-refractivity contribution in [3.8, 4) is 5.75 Å². The number of nitrogens with zero attached hydrogens (tertiary/aromatic N) is 1. The number of halogens is 2. The summed E-state index contributed by atoms with van der Waals surface area (Å²) in [5.41, 5.74) is 1.93. The van der Waals surface area contributed by atoms with E-state index in [1.54, 1.807) is 19.1 Å². The maximum Gasteiger partial charge on any atom is 0.263 e. The van der Waals surface area contributed by atoms with E-state index in [0.29, 0.717) is 28.9 Å². The normalized spacial score (nSPS) is 17.4. The van der Waals surface area contributed by atoms with Crippen molar-refractivity contribution in [2.24, 2.45) is 0 Å². The molecule has 0 radical (unpaired) electrons. The molecule has 28 heavy (non-hydrogen) atoms. The maximum absolute atomic E-state index is 13.2. The van der Waals surface area contributed by atoms with E-state index in [0.717, 1.165) is 30.6 Å². The average molecular weight is 422 g/mol. The lowest BCUT2D eigenvalue weighted by molar-refractivity contribution is -0.140. The van der Waals surface area contributed by atoms with Crippen LogP contribution in [0.25, 0.3) is 0 Å². The number of benzene rings is 2. The molecule has 0 aliphatic carbocycles. The number of ether oxygens (including phenoxy) is 2. The van der Waals surface area contributed by atoms with Gasteiger partial charge in [0, 0.05) is 29.7 Å². The molecule has 150 valence electrons. The fourth-order valence-electron chi connectivity index (χ4n) is 3.28. The van der Waals surface area contributed by atoms with Gasteiger partial charge >= 0.3 is 0 Å². The van der Waals surface area contributed by atoms with Crippen LogP contribution in [0.5, 0.6) is 5.75 Å². The van der Waals surface area contributed by atoms with Crippen LogP contribution in [0.4, 0.5) is 0 Å². The summed E-state index contributed by atoms with van der Waals surface area (Å²) in [5, 5.41) is 1.35. The summed E-state index contributed by atoms with van der Waals surface area (Å²) in [6.45, 7) is 5.48. The molecule has 2 aromatic rings. The van der Waals surface area contributed by atoms with Crippen molar-refractivity contribution in [1.82, 2.24) is 4.90 Å². The highest BCUT2D eigenvalue weighted by atomic mass is 35.5. The van der Waals surface area contributed by atoms with Crippen LogP contribution in [-0.4, -0.2) is 36.2 Å². The Bertz CT molecular complexity index is 804. The fraction of sp³-hybridized carbons (Fsp3) is 0.409. The molecule has 3 rings (SSSR count). The standard InChI is InChI=1S/C22H25Cl2NO3/c1-15-12-19(9-10-21(15)24)28-16(2)22(26)25(14-20-4-3-11-27-20)13-17-5-7-18(23)8-6-17/h5-10,12,16,20H,3-4,11,13-14H2,1-2H3. The predicted molar refractivity (Wildman–Crippen MR) is 112 cm³/mol. The molecule has 1 amide bonds. The highest BCUT2D eigenvalue weighted by molar-refractivity contribution is 6.31. The maximum atomic E-state index is 13.2. The monoisotopic (exact) mass is 421 g/mol. The Kier molecular flexibility index (Phi) is 7.22. The minimum absolute atomic E-state index is 0.0706. The van der Waals surface area contributed by atoms with Gasteiger partial charge in [0.25, 0.3) is 5.91 Å². The van der Waals surface area contributed by atoms with Gasteiger partial charge in [-0.25, -0.2) is 0 Å². The second-order valence-electron chi connectivity index (χ2n) is 7.15. The molecule has 1 saturated heterocycles. The highest BCUT2D eigenvalue weighted by Gasteiger charge is 2.27. The summed E-state index contributed by atoms with van der Waals surface area (Å²) in [6.07, 6.45) is 1.45. The topological polar surface area (TPSA) is 38.8 Å². The van der Waals surface area contributed by atoms with Crippen LogP contribution in [0.15, 0.2) is 42.5 Å². The third-order valence-corrected chi connectivity index (χ3v) is 5.51. The number of carbonyl (C=O) groups is 1. The molecule has 0 saturated carbocycles. The molecule has 2 atom stereocenters. The zero-order chi connectivity index (χ0) is 20.1. The van der Waals surface area contributed by atoms with E-state index in [9.17, 15) is 4.79 Å². The first kappa shape index (κ1) is 21.0. The number of aryl methyl sites for hydroxylation is 1. The van der Waals surface area contributed by atoms with Gasteiger partial charge in [-0.05, 0) is 68.1 Å². The van der Waals surface area contributed by atoms with E-state index < -0.39 is 6.10 Å². The zero-order valence-corrected chi connectivity index (χ0v) is 17.7. The number of rotatable bonds is 7. The van der Waals surface area contributed by atoms with Gasteiger partial charge in [-0.1, -0.05) is 35.3 Å². The second kappa shape index (κ2) is 9.64. The number of carbonyl (C=O) groups excluding carboxylic acids is 1. The zero-order valence-electron chi connectivity index (χ0n) is 16.2. The molecule has 0 bridgehead atoms. The molecule has 2 aromatic carbocycles. The molecular weight excluding hydrogens is 397 g/mol. The van der Waals surface area contributed by atoms with E-state index in [1.165, 1.54) is 0 Å². The molecule has 1 fully saturated rings. The van der Waals surface area contributed by atoms with Crippen LogP contribution in [0, 0.1) is 6.92 Å². The van der Waals surface area contributed by atoms with E-state index in [-0.39, 0.29) is 12.0 Å². The van der Waals surface area contributed by atoms with E-state index in [4.69, 9.17) is 32.7 Å². The van der Waals surface area contributed by atoms with E-state index >= 15 is 0 Å². The number of amides is 1. The molecule has 1 aliphatic rings. The Morgan fingerprint density at radius 1 is 1.25 bits per heavy atom. The first-order chi connectivity index (χ1) is 13.4. The smallest absolute Gasteiger partial charge is 0.263 e. The van der Waals surface area contributed by atoms with Crippen molar-refractivity contribution in [2.75, 3.05) is 13.2 Å². The van der Waals surface area contributed by atoms with Gasteiger partial charge in [0.2, 0.25) is 0 Å². The van der Waals surface area contributed by atoms with Crippen molar-refractivity contribution >= 4 is 29.1 Å². The molecule has 2 unspecified atom stereocenters. The summed E-state index contributed by atoms with van der Waals surface area (Å²) in [7, 11) is 0. The van der Waals surface area contributed by atoms with Crippen molar-refractivity contribution in [1.29, 1.82) is 0 Å². The molecule has 0 spiro atoms. The average Bonchev–Trinajstić information content (AvgIpc) is 3.18. The lowest BCUT2D eigenvalue weighted by Gasteiger charge is -2.28. The van der Waals surface area contributed by atoms with Gasteiger partial charge in [-0.15, -0.1) is 0 Å². The fourth-order valence-corrected chi connectivity index (χ4v) is 3.52. The molecule has 0 N–H and O–H groups in total. The van der Waals surface area contributed by atoms with Gasteiger partial charge in [0.15, 0.2) is 6.10 Å². The Labute approximate surface area is 176 Å². The minimum Gasteiger partial charge on any atom is -0.481 e. The third-order valence-electron chi connectivity index (χ3n) is 4.84. The summed E-state index contributed by atoms with van der Waals surface area (Å²) in [5.74, 6) is 0.560. The van der Waals surface area contributed by atoms with Crippen molar-refractivity contribution in [3.63, 3.8) is 0 Å². The van der Waals surface area contributed by atoms with Crippen LogP contribution < -0.4 is 4.74 Å². The minimum atomic E-state index is -0.616. The summed E-state index contributed by atoms with van der Waals surface area (Å²) in [6, 6.07) is 12.9. The summed E-state index contributed by atoms with van der Waals surface area (Å²) >= 11 is 12.1. The predicted octanol–water partition coefficient (Wildman–Crippen LogP) is 5.28. The van der Waals surface area contributed by atoms with Crippen LogP contribution in [0.1, 0.15) is 30.9 Å². The molecule has 0 aromatic heterocycles. The Balaban J connectivity index is 1.71. The second-order valence-corrected chi connectivity index (χ2v) is 7.99. The Hall–Kier alpha value is -1.75. The number of hydrogen-bond acceptors (Lipinski definition) is 3. The lowest BCUT2D eigenvalue weighted by Crippen LogP contribution is -2.43. The Morgan fingerprint density at radius 3 is 2.64 bits per heavy atom. The largest absolute Gasteiger partial charge is 0.481 e. The Morgan fingerprint density at radius 2 is 2.00 bits per heavy atom. The first-order valence-electron chi connectivity index (χ1n) is 9.50. The molecule has 1 aliphatic heterocycles. The highest BCUT2D eigenvalue weighted by Crippen LogP contribution is 2.23. The molecule has 4 nitrogen and oxygen atoms in total. The molecule has 6 heteroatoms. The van der Waals surface area contributed by atoms with E-state index in [2.05, 4.69) is 0 Å². The van der Waals surface area contributed by atoms with Crippen molar-refractivity contribution < 1.29 is 14.3 Å². The molecule has 1 heterocycles.